The summed E-state index contributed by atoms with van der Waals surface area (Å²) in [6, 6.07) is 12.5. The maximum absolute atomic E-state index is 11.0. The summed E-state index contributed by atoms with van der Waals surface area (Å²) in [5.74, 6) is 0.0368. The Morgan fingerprint density at radius 3 is 2.92 bits per heavy atom. The van der Waals surface area contributed by atoms with E-state index in [2.05, 4.69) is 39.5 Å². The van der Waals surface area contributed by atoms with Crippen molar-refractivity contribution < 1.29 is 10.0 Å². The Kier molecular flexibility index (Phi) is 6.22. The number of anilines is 1. The monoisotopic (exact) mass is 372 g/mol. The number of rotatable bonds is 6. The second-order valence-electron chi connectivity index (χ2n) is 6.26. The van der Waals surface area contributed by atoms with Crippen molar-refractivity contribution in [2.24, 2.45) is 0 Å². The molecule has 1 saturated heterocycles. The van der Waals surface area contributed by atoms with Crippen LogP contribution in [0.2, 0.25) is 5.02 Å². The molecule has 0 bridgehead atoms. The fourth-order valence-electron chi connectivity index (χ4n) is 2.99. The number of halogens is 1. The molecule has 0 radical (unpaired) electrons. The molecule has 2 heterocycles. The molecule has 0 spiro atoms. The van der Waals surface area contributed by atoms with Crippen LogP contribution in [0.4, 0.5) is 5.82 Å². The maximum atomic E-state index is 11.0. The minimum Gasteiger partial charge on any atom is -0.365 e. The molecule has 1 fully saturated rings. The van der Waals surface area contributed by atoms with Crippen molar-refractivity contribution in [2.75, 3.05) is 18.4 Å². The highest BCUT2D eigenvalue weighted by Gasteiger charge is 2.23. The average Bonchev–Trinajstić information content (AvgIpc) is 3.09. The fourth-order valence-corrected chi connectivity index (χ4v) is 3.22. The molecule has 1 amide bonds. The zero-order chi connectivity index (χ0) is 18.4. The van der Waals surface area contributed by atoms with Crippen LogP contribution in [-0.4, -0.2) is 40.1 Å². The Morgan fingerprint density at radius 1 is 1.38 bits per heavy atom. The van der Waals surface area contributed by atoms with Gasteiger partial charge in [-0.05, 0) is 29.7 Å². The molecule has 6 nitrogen and oxygen atoms in total. The van der Waals surface area contributed by atoms with E-state index in [4.69, 9.17) is 16.8 Å². The first-order valence-corrected chi connectivity index (χ1v) is 8.82. The smallest absolute Gasteiger partial charge is 0.267 e. The van der Waals surface area contributed by atoms with Crippen molar-refractivity contribution in [3.63, 3.8) is 0 Å². The molecule has 1 aliphatic rings. The lowest BCUT2D eigenvalue weighted by Crippen LogP contribution is -2.26. The summed E-state index contributed by atoms with van der Waals surface area (Å²) in [5.41, 5.74) is 3.53. The SMILES string of the molecule is O=C(C=Cc1cnc(N[C@H]2CCN(Cc3ccccc3)C2)c(Cl)c1)NO. The maximum Gasteiger partial charge on any atom is 0.267 e. The van der Waals surface area contributed by atoms with E-state index in [1.807, 2.05) is 6.07 Å². The van der Waals surface area contributed by atoms with E-state index in [1.54, 1.807) is 12.3 Å². The second kappa shape index (κ2) is 8.80. The lowest BCUT2D eigenvalue weighted by molar-refractivity contribution is -0.124. The fraction of sp³-hybridized carbons (Fsp3) is 0.263. The van der Waals surface area contributed by atoms with E-state index >= 15 is 0 Å². The third kappa shape index (κ3) is 5.05. The van der Waals surface area contributed by atoms with Crippen LogP contribution < -0.4 is 10.8 Å². The number of benzene rings is 1. The van der Waals surface area contributed by atoms with E-state index in [0.29, 0.717) is 22.4 Å². The molecule has 3 N–H and O–H groups in total. The van der Waals surface area contributed by atoms with E-state index in [1.165, 1.54) is 23.2 Å². The van der Waals surface area contributed by atoms with Gasteiger partial charge in [0, 0.05) is 37.9 Å². The van der Waals surface area contributed by atoms with Crippen molar-refractivity contribution in [3.05, 3.63) is 64.8 Å². The number of aromatic nitrogens is 1. The van der Waals surface area contributed by atoms with Gasteiger partial charge < -0.3 is 5.32 Å². The van der Waals surface area contributed by atoms with Crippen molar-refractivity contribution in [3.8, 4) is 0 Å². The van der Waals surface area contributed by atoms with E-state index in [9.17, 15) is 4.79 Å². The number of amides is 1. The minimum atomic E-state index is -0.604. The first kappa shape index (κ1) is 18.4. The Labute approximate surface area is 157 Å². The summed E-state index contributed by atoms with van der Waals surface area (Å²) < 4.78 is 0. The molecule has 1 aromatic heterocycles. The number of nitrogens with one attached hydrogen (secondary N) is 2. The second-order valence-corrected chi connectivity index (χ2v) is 6.67. The van der Waals surface area contributed by atoms with Gasteiger partial charge in [-0.1, -0.05) is 41.9 Å². The van der Waals surface area contributed by atoms with Crippen LogP contribution in [0.15, 0.2) is 48.7 Å². The molecule has 2 aromatic rings. The van der Waals surface area contributed by atoms with Crippen LogP contribution in [0.3, 0.4) is 0 Å². The van der Waals surface area contributed by atoms with Crippen molar-refractivity contribution in [2.45, 2.75) is 19.0 Å². The van der Waals surface area contributed by atoms with Crippen LogP contribution in [0, 0.1) is 0 Å². The number of pyridine rings is 1. The minimum absolute atomic E-state index is 0.297. The summed E-state index contributed by atoms with van der Waals surface area (Å²) in [6.07, 6.45) is 5.40. The van der Waals surface area contributed by atoms with Gasteiger partial charge in [0.05, 0.1) is 5.02 Å². The lowest BCUT2D eigenvalue weighted by Gasteiger charge is -2.17. The lowest BCUT2D eigenvalue weighted by atomic mass is 10.2. The number of hydroxylamine groups is 1. The predicted octanol–water partition coefficient (Wildman–Crippen LogP) is 2.94. The molecule has 1 atom stereocenters. The molecular weight excluding hydrogens is 352 g/mol. The highest BCUT2D eigenvalue weighted by atomic mass is 35.5. The van der Waals surface area contributed by atoms with Crippen molar-refractivity contribution >= 4 is 29.4 Å². The highest BCUT2D eigenvalue weighted by molar-refractivity contribution is 6.33. The highest BCUT2D eigenvalue weighted by Crippen LogP contribution is 2.24. The van der Waals surface area contributed by atoms with Crippen molar-refractivity contribution in [1.29, 1.82) is 0 Å². The van der Waals surface area contributed by atoms with Gasteiger partial charge in [-0.25, -0.2) is 10.5 Å². The molecule has 1 aromatic carbocycles. The van der Waals surface area contributed by atoms with Crippen LogP contribution in [0.1, 0.15) is 17.5 Å². The van der Waals surface area contributed by atoms with Gasteiger partial charge in [-0.2, -0.15) is 0 Å². The molecule has 136 valence electrons. The van der Waals surface area contributed by atoms with Gasteiger partial charge in [0.1, 0.15) is 5.82 Å². The number of carbonyl (C=O) groups is 1. The topological polar surface area (TPSA) is 77.5 Å². The molecule has 0 aliphatic carbocycles. The molecule has 0 unspecified atom stereocenters. The quantitative estimate of drug-likeness (QED) is 0.413. The van der Waals surface area contributed by atoms with Crippen LogP contribution in [-0.2, 0) is 11.3 Å². The Hall–Kier alpha value is -2.41. The molecule has 0 saturated carbocycles. The molecule has 26 heavy (non-hydrogen) atoms. The molecular formula is C19H21ClN4O2. The van der Waals surface area contributed by atoms with Gasteiger partial charge in [-0.15, -0.1) is 0 Å². The van der Waals surface area contributed by atoms with Crippen LogP contribution in [0.25, 0.3) is 6.08 Å². The third-order valence-electron chi connectivity index (χ3n) is 4.26. The van der Waals surface area contributed by atoms with E-state index < -0.39 is 5.91 Å². The Bertz CT molecular complexity index is 782. The Balaban J connectivity index is 1.56. The number of likely N-dealkylation sites (tertiary alicyclic amines) is 1. The normalized spacial score (nSPS) is 17.5. The van der Waals surface area contributed by atoms with Gasteiger partial charge in [0.2, 0.25) is 0 Å². The number of hydrogen-bond donors (Lipinski definition) is 3. The summed E-state index contributed by atoms with van der Waals surface area (Å²) in [5, 5.41) is 12.4. The van der Waals surface area contributed by atoms with Gasteiger partial charge >= 0.3 is 0 Å². The van der Waals surface area contributed by atoms with Gasteiger partial charge in [0.15, 0.2) is 0 Å². The Morgan fingerprint density at radius 2 is 2.19 bits per heavy atom. The summed E-state index contributed by atoms with van der Waals surface area (Å²) >= 11 is 6.30. The average molecular weight is 373 g/mol. The van der Waals surface area contributed by atoms with E-state index in [0.717, 1.165) is 26.1 Å². The summed E-state index contributed by atoms with van der Waals surface area (Å²) in [6.45, 7) is 2.91. The molecule has 1 aliphatic heterocycles. The summed E-state index contributed by atoms with van der Waals surface area (Å²) in [4.78, 5) is 17.8. The number of hydrogen-bond acceptors (Lipinski definition) is 5. The third-order valence-corrected chi connectivity index (χ3v) is 4.55. The largest absolute Gasteiger partial charge is 0.365 e. The molecule has 7 heteroatoms. The zero-order valence-corrected chi connectivity index (χ0v) is 15.0. The van der Waals surface area contributed by atoms with Gasteiger partial charge in [-0.3, -0.25) is 14.9 Å². The van der Waals surface area contributed by atoms with E-state index in [-0.39, 0.29) is 0 Å². The first-order chi connectivity index (χ1) is 12.6. The number of carbonyl (C=O) groups excluding carboxylic acids is 1. The molecule has 3 rings (SSSR count). The first-order valence-electron chi connectivity index (χ1n) is 8.44. The van der Waals surface area contributed by atoms with Gasteiger partial charge in [0.25, 0.3) is 5.91 Å². The number of nitrogens with zero attached hydrogens (tertiary/aromatic N) is 2. The van der Waals surface area contributed by atoms with Crippen LogP contribution >= 0.6 is 11.6 Å². The predicted molar refractivity (Wildman–Crippen MR) is 102 cm³/mol. The standard InChI is InChI=1S/C19H21ClN4O2/c20-17-10-15(6-7-18(25)23-26)11-21-19(17)22-16-8-9-24(13-16)12-14-4-2-1-3-5-14/h1-7,10-11,16,26H,8-9,12-13H2,(H,21,22)(H,23,25)/t16-/m0/s1. The van der Waals surface area contributed by atoms with Crippen LogP contribution in [0.5, 0.6) is 0 Å². The van der Waals surface area contributed by atoms with Crippen molar-refractivity contribution in [1.82, 2.24) is 15.4 Å². The summed E-state index contributed by atoms with van der Waals surface area (Å²) in [7, 11) is 0. The zero-order valence-electron chi connectivity index (χ0n) is 14.2.